The molecule has 0 fully saturated rings. The number of ketones is 1. The molecule has 1 aromatic rings. The molecule has 0 radical (unpaired) electrons. The molecule has 5 rings (SSSR count). The average Bonchev–Trinajstić information content (AvgIpc) is 3.33. The van der Waals surface area contributed by atoms with Gasteiger partial charge < -0.3 is 10.3 Å². The van der Waals surface area contributed by atoms with Crippen molar-refractivity contribution in [3.05, 3.63) is 82.5 Å². The standard InChI is InChI=1S/C20H14N4O.W/c25-20-11-18-9-16-4-3-14(22-16)7-12-1-2-13(21-12)8-15-5-6-17(23-15)10-19(20)24-18;/h1-11,19,21,24H;. The summed E-state index contributed by atoms with van der Waals surface area (Å²) < 4.78 is 0. The minimum absolute atomic E-state index is 0. The molecule has 0 spiro atoms. The molecule has 26 heavy (non-hydrogen) atoms. The average molecular weight is 510 g/mol. The van der Waals surface area contributed by atoms with E-state index in [9.17, 15) is 4.79 Å². The van der Waals surface area contributed by atoms with Crippen LogP contribution in [0.2, 0.25) is 0 Å². The first-order valence-electron chi connectivity index (χ1n) is 8.09. The van der Waals surface area contributed by atoms with Crippen LogP contribution < -0.4 is 16.0 Å². The van der Waals surface area contributed by atoms with E-state index < -0.39 is 0 Å². The summed E-state index contributed by atoms with van der Waals surface area (Å²) in [5, 5.41) is 5.17. The molecule has 0 saturated carbocycles. The SMILES string of the molecule is O=C1C=C2C=C3C=CC(=N3)C=c3ccc([nH]3)=CC3=NC(=CC1N2)C=C3.[W]. The Kier molecular flexibility index (Phi) is 4.17. The summed E-state index contributed by atoms with van der Waals surface area (Å²) in [6, 6.07) is 3.64. The Balaban J connectivity index is 0.00000168. The summed E-state index contributed by atoms with van der Waals surface area (Å²) in [5.74, 6) is 0.0241. The van der Waals surface area contributed by atoms with E-state index in [1.54, 1.807) is 6.08 Å². The van der Waals surface area contributed by atoms with Crippen molar-refractivity contribution >= 4 is 29.4 Å². The number of rotatable bonds is 0. The number of fused-ring (bicyclic) bond motifs is 6. The molecule has 0 aromatic carbocycles. The van der Waals surface area contributed by atoms with Gasteiger partial charge in [0.05, 0.1) is 22.8 Å². The summed E-state index contributed by atoms with van der Waals surface area (Å²) in [7, 11) is 0. The van der Waals surface area contributed by atoms with Crippen molar-refractivity contribution in [3.8, 4) is 0 Å². The second-order valence-electron chi connectivity index (χ2n) is 6.18. The molecule has 4 aliphatic heterocycles. The van der Waals surface area contributed by atoms with E-state index in [0.717, 1.165) is 39.2 Å². The minimum Gasteiger partial charge on any atom is -0.372 e. The van der Waals surface area contributed by atoms with Crippen LogP contribution in [-0.4, -0.2) is 28.2 Å². The molecule has 5 heterocycles. The maximum atomic E-state index is 12.2. The summed E-state index contributed by atoms with van der Waals surface area (Å²) in [5.41, 5.74) is 4.09. The van der Waals surface area contributed by atoms with E-state index in [4.69, 9.17) is 0 Å². The Bertz CT molecular complexity index is 1140. The predicted octanol–water partition coefficient (Wildman–Crippen LogP) is 0.801. The second kappa shape index (κ2) is 6.50. The van der Waals surface area contributed by atoms with Gasteiger partial charge in [0.15, 0.2) is 5.78 Å². The molecule has 126 valence electrons. The summed E-state index contributed by atoms with van der Waals surface area (Å²) >= 11 is 0. The van der Waals surface area contributed by atoms with Gasteiger partial charge in [0.1, 0.15) is 6.04 Å². The van der Waals surface area contributed by atoms with Gasteiger partial charge in [0.25, 0.3) is 0 Å². The zero-order valence-electron chi connectivity index (χ0n) is 13.6. The third kappa shape index (κ3) is 3.18. The van der Waals surface area contributed by atoms with Gasteiger partial charge in [-0.05, 0) is 60.7 Å². The largest absolute Gasteiger partial charge is 0.372 e. The van der Waals surface area contributed by atoms with Gasteiger partial charge >= 0.3 is 0 Å². The van der Waals surface area contributed by atoms with Crippen LogP contribution in [0.1, 0.15) is 0 Å². The van der Waals surface area contributed by atoms with Crippen LogP contribution in [0.25, 0.3) is 12.2 Å². The van der Waals surface area contributed by atoms with E-state index in [0.29, 0.717) is 0 Å². The first-order valence-corrected chi connectivity index (χ1v) is 8.09. The van der Waals surface area contributed by atoms with Crippen molar-refractivity contribution in [2.24, 2.45) is 9.98 Å². The van der Waals surface area contributed by atoms with Crippen LogP contribution in [0, 0.1) is 0 Å². The molecule has 0 amide bonds. The Hall–Kier alpha value is -2.78. The van der Waals surface area contributed by atoms with Crippen molar-refractivity contribution in [1.82, 2.24) is 10.3 Å². The van der Waals surface area contributed by atoms with Gasteiger partial charge in [-0.3, -0.25) is 4.79 Å². The minimum atomic E-state index is -0.389. The maximum absolute atomic E-state index is 12.2. The number of nitrogens with zero attached hydrogens (tertiary/aromatic N) is 2. The first kappa shape index (κ1) is 16.7. The van der Waals surface area contributed by atoms with Crippen molar-refractivity contribution in [2.75, 3.05) is 0 Å². The third-order valence-electron chi connectivity index (χ3n) is 4.27. The monoisotopic (exact) mass is 510 g/mol. The van der Waals surface area contributed by atoms with Crippen molar-refractivity contribution < 1.29 is 25.9 Å². The number of allylic oxidation sites excluding steroid dienone is 5. The fourth-order valence-corrected chi connectivity index (χ4v) is 3.11. The van der Waals surface area contributed by atoms with E-state index in [2.05, 4.69) is 20.3 Å². The van der Waals surface area contributed by atoms with Crippen LogP contribution >= 0.6 is 0 Å². The Morgan fingerprint density at radius 2 is 1.46 bits per heavy atom. The van der Waals surface area contributed by atoms with Crippen molar-refractivity contribution in [2.45, 2.75) is 6.04 Å². The number of H-pyrrole nitrogens is 1. The molecule has 1 unspecified atom stereocenters. The summed E-state index contributed by atoms with van der Waals surface area (Å²) in [6.07, 6.45) is 17.1. The number of aromatic nitrogens is 1. The van der Waals surface area contributed by atoms with E-state index in [1.165, 1.54) is 0 Å². The molecule has 2 N–H and O–H groups in total. The van der Waals surface area contributed by atoms with Crippen molar-refractivity contribution in [3.63, 3.8) is 0 Å². The number of carbonyl (C=O) groups is 1. The first-order chi connectivity index (χ1) is 12.2. The Labute approximate surface area is 164 Å². The number of nitrogens with one attached hydrogen (secondary N) is 2. The fourth-order valence-electron chi connectivity index (χ4n) is 3.11. The zero-order valence-corrected chi connectivity index (χ0v) is 16.6. The Morgan fingerprint density at radius 3 is 2.19 bits per heavy atom. The molecule has 6 heteroatoms. The van der Waals surface area contributed by atoms with Crippen LogP contribution in [0.3, 0.4) is 0 Å². The third-order valence-corrected chi connectivity index (χ3v) is 4.27. The van der Waals surface area contributed by atoms with Crippen LogP contribution in [0.15, 0.2) is 81.7 Å². The molecule has 0 aliphatic carbocycles. The molecule has 4 aliphatic rings. The molecular formula is C20H14N4OW. The fraction of sp³-hybridized carbons (Fsp3) is 0.0500. The van der Waals surface area contributed by atoms with Gasteiger partial charge in [-0.25, -0.2) is 9.98 Å². The van der Waals surface area contributed by atoms with Crippen LogP contribution in [0.5, 0.6) is 0 Å². The van der Waals surface area contributed by atoms with E-state index in [1.807, 2.05) is 60.7 Å². The van der Waals surface area contributed by atoms with Gasteiger partial charge in [0.2, 0.25) is 0 Å². The van der Waals surface area contributed by atoms with Gasteiger partial charge in [-0.2, -0.15) is 0 Å². The molecule has 5 nitrogen and oxygen atoms in total. The summed E-state index contributed by atoms with van der Waals surface area (Å²) in [4.78, 5) is 24.7. The second-order valence-corrected chi connectivity index (χ2v) is 6.18. The van der Waals surface area contributed by atoms with E-state index >= 15 is 0 Å². The molecule has 0 saturated heterocycles. The quantitative estimate of drug-likeness (QED) is 0.543. The zero-order chi connectivity index (χ0) is 16.8. The number of hydrogen-bond donors (Lipinski definition) is 2. The van der Waals surface area contributed by atoms with Gasteiger partial charge in [0, 0.05) is 43.5 Å². The topological polar surface area (TPSA) is 69.6 Å². The van der Waals surface area contributed by atoms with Gasteiger partial charge in [-0.15, -0.1) is 0 Å². The number of carbonyl (C=O) groups excluding carboxylic acids is 1. The Morgan fingerprint density at radius 1 is 0.808 bits per heavy atom. The maximum Gasteiger partial charge on any atom is 0.183 e. The van der Waals surface area contributed by atoms with Gasteiger partial charge in [-0.1, -0.05) is 0 Å². The van der Waals surface area contributed by atoms with Crippen molar-refractivity contribution in [1.29, 1.82) is 0 Å². The molecule has 8 bridgehead atoms. The number of aromatic amines is 1. The van der Waals surface area contributed by atoms with Crippen LogP contribution in [0.4, 0.5) is 0 Å². The smallest absolute Gasteiger partial charge is 0.183 e. The number of aliphatic imine (C=N–C) groups is 2. The molecular weight excluding hydrogens is 496 g/mol. The summed E-state index contributed by atoms with van der Waals surface area (Å²) in [6.45, 7) is 0. The molecule has 1 atom stereocenters. The van der Waals surface area contributed by atoms with Crippen LogP contribution in [-0.2, 0) is 25.9 Å². The molecule has 1 aromatic heterocycles. The number of hydrogen-bond acceptors (Lipinski definition) is 4. The van der Waals surface area contributed by atoms with E-state index in [-0.39, 0.29) is 32.9 Å². The normalized spacial score (nSPS) is 22.2. The predicted molar refractivity (Wildman–Crippen MR) is 98.3 cm³/mol.